The highest BCUT2D eigenvalue weighted by Crippen LogP contribution is 2.41. The number of hydrogen-bond donors (Lipinski definition) is 2. The van der Waals surface area contributed by atoms with Crippen LogP contribution in [0.1, 0.15) is 17.5 Å². The zero-order chi connectivity index (χ0) is 13.6. The van der Waals surface area contributed by atoms with Crippen LogP contribution in [0.15, 0.2) is 23.4 Å². The summed E-state index contributed by atoms with van der Waals surface area (Å²) in [6.45, 7) is 1.74. The molecule has 1 unspecified atom stereocenters. The summed E-state index contributed by atoms with van der Waals surface area (Å²) in [6, 6.07) is 4.36. The van der Waals surface area contributed by atoms with Crippen molar-refractivity contribution in [3.05, 3.63) is 29.3 Å². The van der Waals surface area contributed by atoms with E-state index in [1.54, 1.807) is 6.92 Å². The Morgan fingerprint density at radius 3 is 2.61 bits per heavy atom. The molecule has 1 aromatic carbocycles. The van der Waals surface area contributed by atoms with Crippen LogP contribution in [0, 0.1) is 6.92 Å². The molecule has 0 amide bonds. The van der Waals surface area contributed by atoms with Crippen LogP contribution in [0.4, 0.5) is 13.2 Å². The van der Waals surface area contributed by atoms with Crippen molar-refractivity contribution in [1.82, 2.24) is 0 Å². The predicted octanol–water partition coefficient (Wildman–Crippen LogP) is 2.21. The van der Waals surface area contributed by atoms with Gasteiger partial charge >= 0.3 is 12.0 Å². The van der Waals surface area contributed by atoms with Crippen LogP contribution >= 0.6 is 0 Å². The van der Waals surface area contributed by atoms with E-state index in [1.165, 1.54) is 18.2 Å². The van der Waals surface area contributed by atoms with Crippen molar-refractivity contribution in [2.75, 3.05) is 0 Å². The second kappa shape index (κ2) is 3.88. The molecule has 0 bridgehead atoms. The molecule has 1 heterocycles. The third-order valence-corrected chi connectivity index (χ3v) is 2.70. The van der Waals surface area contributed by atoms with E-state index in [2.05, 4.69) is 9.89 Å². The summed E-state index contributed by atoms with van der Waals surface area (Å²) in [7, 11) is 0. The predicted molar refractivity (Wildman–Crippen MR) is 55.8 cm³/mol. The quantitative estimate of drug-likeness (QED) is 0.556. The number of oxime groups is 1. The highest BCUT2D eigenvalue weighted by atomic mass is 19.4. The first-order valence-corrected chi connectivity index (χ1v) is 5.07. The van der Waals surface area contributed by atoms with E-state index in [9.17, 15) is 18.3 Å². The van der Waals surface area contributed by atoms with Crippen molar-refractivity contribution in [3.8, 4) is 5.75 Å². The highest BCUT2D eigenvalue weighted by molar-refractivity contribution is 6.04. The number of hydrogen-bond acceptors (Lipinski definition) is 4. The van der Waals surface area contributed by atoms with Gasteiger partial charge < -0.3 is 15.1 Å². The number of ether oxygens (including phenoxy) is 1. The standard InChI is InChI=1S/C11H10F3NO3/c1-6-2-3-9-7(4-6)8(15-17)5-10(16,18-9)11(12,13)14/h2-4,16-17H,5H2,1H3/b15-8+. The second-order valence-electron chi connectivity index (χ2n) is 4.11. The van der Waals surface area contributed by atoms with Crippen molar-refractivity contribution in [1.29, 1.82) is 0 Å². The maximum absolute atomic E-state index is 12.7. The lowest BCUT2D eigenvalue weighted by molar-refractivity contribution is -0.333. The molecule has 0 aromatic heterocycles. The number of benzene rings is 1. The van der Waals surface area contributed by atoms with E-state index in [4.69, 9.17) is 5.21 Å². The first kappa shape index (κ1) is 12.7. The van der Waals surface area contributed by atoms with Crippen LogP contribution in [0.3, 0.4) is 0 Å². The molecule has 98 valence electrons. The highest BCUT2D eigenvalue weighted by Gasteiger charge is 2.59. The molecular weight excluding hydrogens is 251 g/mol. The first-order valence-electron chi connectivity index (χ1n) is 5.07. The molecule has 0 saturated carbocycles. The summed E-state index contributed by atoms with van der Waals surface area (Å²) in [5.74, 6) is -3.53. The zero-order valence-electron chi connectivity index (χ0n) is 9.32. The Kier molecular flexibility index (Phi) is 2.73. The van der Waals surface area contributed by atoms with E-state index < -0.39 is 18.4 Å². The monoisotopic (exact) mass is 261 g/mol. The average Bonchev–Trinajstić information content (AvgIpc) is 2.27. The molecule has 0 aliphatic carbocycles. The molecule has 0 radical (unpaired) electrons. The van der Waals surface area contributed by atoms with Crippen molar-refractivity contribution in [2.45, 2.75) is 25.3 Å². The van der Waals surface area contributed by atoms with Gasteiger partial charge in [0.1, 0.15) is 5.75 Å². The summed E-state index contributed by atoms with van der Waals surface area (Å²) in [5.41, 5.74) is 0.752. The molecule has 0 saturated heterocycles. The maximum atomic E-state index is 12.7. The minimum Gasteiger partial charge on any atom is -0.452 e. The molecule has 1 aliphatic rings. The largest absolute Gasteiger partial charge is 0.455 e. The van der Waals surface area contributed by atoms with E-state index >= 15 is 0 Å². The number of aryl methyl sites for hydroxylation is 1. The number of halogens is 3. The zero-order valence-corrected chi connectivity index (χ0v) is 9.32. The number of nitrogens with zero attached hydrogens (tertiary/aromatic N) is 1. The molecule has 7 heteroatoms. The lowest BCUT2D eigenvalue weighted by atomic mass is 9.96. The second-order valence-corrected chi connectivity index (χ2v) is 4.11. The van der Waals surface area contributed by atoms with E-state index in [1.807, 2.05) is 0 Å². The summed E-state index contributed by atoms with van der Waals surface area (Å²) in [6.07, 6.45) is -5.94. The van der Waals surface area contributed by atoms with Gasteiger partial charge in [-0.15, -0.1) is 0 Å². The molecule has 18 heavy (non-hydrogen) atoms. The summed E-state index contributed by atoms with van der Waals surface area (Å²) in [5, 5.41) is 21.1. The van der Waals surface area contributed by atoms with E-state index in [-0.39, 0.29) is 17.0 Å². The van der Waals surface area contributed by atoms with Gasteiger partial charge in [-0.1, -0.05) is 16.8 Å². The van der Waals surface area contributed by atoms with Crippen LogP contribution in [0.2, 0.25) is 0 Å². The number of aliphatic hydroxyl groups is 1. The molecule has 4 nitrogen and oxygen atoms in total. The Labute approximate surface area is 100 Å². The number of fused-ring (bicyclic) bond motifs is 1. The SMILES string of the molecule is Cc1ccc2c(c1)/C(=N/O)CC(O)(C(F)(F)F)O2. The van der Waals surface area contributed by atoms with E-state index in [0.29, 0.717) is 0 Å². The lowest BCUT2D eigenvalue weighted by Gasteiger charge is -2.35. The Bertz CT molecular complexity index is 513. The van der Waals surface area contributed by atoms with Gasteiger partial charge in [-0.25, -0.2) is 0 Å². The summed E-state index contributed by atoms with van der Waals surface area (Å²) >= 11 is 0. The third kappa shape index (κ3) is 1.90. The topological polar surface area (TPSA) is 62.1 Å². The first-order chi connectivity index (χ1) is 8.27. The van der Waals surface area contributed by atoms with Crippen LogP contribution in [0.25, 0.3) is 0 Å². The average molecular weight is 261 g/mol. The Hall–Kier alpha value is -1.76. The van der Waals surface area contributed by atoms with Gasteiger partial charge in [0.05, 0.1) is 12.1 Å². The van der Waals surface area contributed by atoms with Crippen molar-refractivity contribution in [2.24, 2.45) is 5.16 Å². The van der Waals surface area contributed by atoms with Gasteiger partial charge in [0.2, 0.25) is 0 Å². The Balaban J connectivity index is 2.54. The molecule has 1 aliphatic heterocycles. The molecule has 0 fully saturated rings. The number of rotatable bonds is 0. The third-order valence-electron chi connectivity index (χ3n) is 2.70. The van der Waals surface area contributed by atoms with E-state index in [0.717, 1.165) is 5.56 Å². The number of alkyl halides is 3. The normalized spacial score (nSPS) is 25.7. The smallest absolute Gasteiger partial charge is 0.452 e. The maximum Gasteiger partial charge on any atom is 0.455 e. The van der Waals surface area contributed by atoms with Crippen LogP contribution in [-0.2, 0) is 0 Å². The fourth-order valence-electron chi connectivity index (χ4n) is 1.75. The molecule has 1 aromatic rings. The minimum absolute atomic E-state index is 0.167. The Morgan fingerprint density at radius 2 is 2.06 bits per heavy atom. The Morgan fingerprint density at radius 1 is 1.39 bits per heavy atom. The molecule has 0 spiro atoms. The minimum atomic E-state index is -4.98. The van der Waals surface area contributed by atoms with Gasteiger partial charge in [0.15, 0.2) is 0 Å². The van der Waals surface area contributed by atoms with Gasteiger partial charge in [0, 0.05) is 5.56 Å². The molecule has 1 atom stereocenters. The lowest BCUT2D eigenvalue weighted by Crippen LogP contribution is -2.54. The van der Waals surface area contributed by atoms with Crippen molar-refractivity contribution in [3.63, 3.8) is 0 Å². The molecular formula is C11H10F3NO3. The fraction of sp³-hybridized carbons (Fsp3) is 0.364. The van der Waals surface area contributed by atoms with Crippen LogP contribution in [-0.4, -0.2) is 28.0 Å². The van der Waals surface area contributed by atoms with Gasteiger partial charge in [-0.2, -0.15) is 13.2 Å². The van der Waals surface area contributed by atoms with Crippen molar-refractivity contribution < 1.29 is 28.2 Å². The van der Waals surface area contributed by atoms with Gasteiger partial charge in [-0.05, 0) is 19.1 Å². The fourth-order valence-corrected chi connectivity index (χ4v) is 1.75. The van der Waals surface area contributed by atoms with Crippen molar-refractivity contribution >= 4 is 5.71 Å². The van der Waals surface area contributed by atoms with Gasteiger partial charge in [0.25, 0.3) is 0 Å². The molecule has 2 N–H and O–H groups in total. The summed E-state index contributed by atoms with van der Waals surface area (Å²) < 4.78 is 42.7. The van der Waals surface area contributed by atoms with Gasteiger partial charge in [-0.3, -0.25) is 0 Å². The van der Waals surface area contributed by atoms with Crippen LogP contribution < -0.4 is 4.74 Å². The van der Waals surface area contributed by atoms with Crippen LogP contribution in [0.5, 0.6) is 5.75 Å². The molecule has 2 rings (SSSR count). The summed E-state index contributed by atoms with van der Waals surface area (Å²) in [4.78, 5) is 0.